The molecule has 0 fully saturated rings. The summed E-state index contributed by atoms with van der Waals surface area (Å²) in [6, 6.07) is 19.0. The van der Waals surface area contributed by atoms with Crippen molar-refractivity contribution in [3.05, 3.63) is 71.9 Å². The molecule has 6 nitrogen and oxygen atoms in total. The Bertz CT molecular complexity index is 1100. The molecule has 3 rings (SSSR count). The minimum atomic E-state index is -3.81. The molecule has 0 bridgehead atoms. The standard InChI is InChI=1S/C20H17N3O3S/c1-14-3-12-19(26-2)20(22-14)23-27(24,25)18-10-8-17(9-11-18)16-6-4-15(13-21)5-7-16/h3-12H,1-2H3,(H,22,23). The van der Waals surface area contributed by atoms with Crippen LogP contribution in [0.3, 0.4) is 0 Å². The van der Waals surface area contributed by atoms with Gasteiger partial charge in [0.15, 0.2) is 11.6 Å². The van der Waals surface area contributed by atoms with Gasteiger partial charge in [-0.25, -0.2) is 13.4 Å². The van der Waals surface area contributed by atoms with Crippen LogP contribution in [0.2, 0.25) is 0 Å². The number of nitriles is 1. The van der Waals surface area contributed by atoms with E-state index < -0.39 is 10.0 Å². The molecule has 2 aromatic carbocycles. The molecule has 27 heavy (non-hydrogen) atoms. The Kier molecular flexibility index (Phi) is 5.10. The van der Waals surface area contributed by atoms with Crippen molar-refractivity contribution < 1.29 is 13.2 Å². The maximum Gasteiger partial charge on any atom is 0.263 e. The lowest BCUT2D eigenvalue weighted by atomic mass is 10.0. The highest BCUT2D eigenvalue weighted by atomic mass is 32.2. The molecule has 0 aliphatic heterocycles. The van der Waals surface area contributed by atoms with Crippen molar-refractivity contribution >= 4 is 15.8 Å². The Morgan fingerprint density at radius 1 is 0.963 bits per heavy atom. The lowest BCUT2D eigenvalue weighted by Gasteiger charge is -2.12. The molecule has 0 aliphatic carbocycles. The monoisotopic (exact) mass is 379 g/mol. The van der Waals surface area contributed by atoms with E-state index in [0.717, 1.165) is 11.1 Å². The zero-order chi connectivity index (χ0) is 19.4. The van der Waals surface area contributed by atoms with E-state index >= 15 is 0 Å². The van der Waals surface area contributed by atoms with Crippen molar-refractivity contribution in [1.29, 1.82) is 5.26 Å². The first-order valence-electron chi connectivity index (χ1n) is 8.08. The second-order valence-electron chi connectivity index (χ2n) is 5.82. The van der Waals surface area contributed by atoms with Crippen molar-refractivity contribution in [2.24, 2.45) is 0 Å². The number of hydrogen-bond donors (Lipinski definition) is 1. The molecule has 0 atom stereocenters. The predicted octanol–water partition coefficient (Wildman–Crippen LogP) is 3.74. The van der Waals surface area contributed by atoms with Gasteiger partial charge in [0.2, 0.25) is 0 Å². The van der Waals surface area contributed by atoms with Crippen molar-refractivity contribution in [2.75, 3.05) is 11.8 Å². The molecule has 7 heteroatoms. The maximum absolute atomic E-state index is 12.7. The average Bonchev–Trinajstić information content (AvgIpc) is 2.68. The summed E-state index contributed by atoms with van der Waals surface area (Å²) in [5.74, 6) is 0.493. The first kappa shape index (κ1) is 18.4. The van der Waals surface area contributed by atoms with E-state index in [1.54, 1.807) is 43.3 Å². The van der Waals surface area contributed by atoms with E-state index in [-0.39, 0.29) is 10.7 Å². The maximum atomic E-state index is 12.7. The molecule has 1 heterocycles. The van der Waals surface area contributed by atoms with Gasteiger partial charge in [0.25, 0.3) is 10.0 Å². The number of hydrogen-bond acceptors (Lipinski definition) is 5. The third-order valence-corrected chi connectivity index (χ3v) is 5.32. The fraction of sp³-hybridized carbons (Fsp3) is 0.100. The summed E-state index contributed by atoms with van der Waals surface area (Å²) in [4.78, 5) is 4.31. The summed E-state index contributed by atoms with van der Waals surface area (Å²) in [7, 11) is -2.35. The van der Waals surface area contributed by atoms with Gasteiger partial charge in [0.1, 0.15) is 0 Å². The topological polar surface area (TPSA) is 92.1 Å². The molecule has 0 saturated carbocycles. The van der Waals surface area contributed by atoms with Gasteiger partial charge < -0.3 is 4.74 Å². The zero-order valence-electron chi connectivity index (χ0n) is 14.8. The minimum absolute atomic E-state index is 0.116. The third kappa shape index (κ3) is 4.07. The molecular weight excluding hydrogens is 362 g/mol. The number of rotatable bonds is 5. The highest BCUT2D eigenvalue weighted by Gasteiger charge is 2.18. The molecule has 1 aromatic heterocycles. The van der Waals surface area contributed by atoms with Gasteiger partial charge >= 0.3 is 0 Å². The van der Waals surface area contributed by atoms with Gasteiger partial charge in [-0.3, -0.25) is 4.72 Å². The lowest BCUT2D eigenvalue weighted by Crippen LogP contribution is -2.15. The number of methoxy groups -OCH3 is 1. The number of anilines is 1. The Labute approximate surface area is 158 Å². The van der Waals surface area contributed by atoms with Crippen LogP contribution >= 0.6 is 0 Å². The SMILES string of the molecule is COc1ccc(C)nc1NS(=O)(=O)c1ccc(-c2ccc(C#N)cc2)cc1. The number of benzene rings is 2. The van der Waals surface area contributed by atoms with Gasteiger partial charge in [-0.05, 0) is 54.4 Å². The molecule has 3 aromatic rings. The highest BCUT2D eigenvalue weighted by Crippen LogP contribution is 2.26. The third-order valence-electron chi connectivity index (χ3n) is 3.96. The first-order chi connectivity index (χ1) is 12.9. The van der Waals surface area contributed by atoms with Crippen molar-refractivity contribution in [2.45, 2.75) is 11.8 Å². The number of nitrogens with zero attached hydrogens (tertiary/aromatic N) is 2. The Hall–Kier alpha value is -3.37. The van der Waals surface area contributed by atoms with E-state index in [0.29, 0.717) is 17.0 Å². The van der Waals surface area contributed by atoms with Gasteiger partial charge in [-0.15, -0.1) is 0 Å². The number of nitrogens with one attached hydrogen (secondary N) is 1. The molecule has 0 radical (unpaired) electrons. The minimum Gasteiger partial charge on any atom is -0.493 e. The molecule has 0 amide bonds. The molecule has 0 unspecified atom stereocenters. The van der Waals surface area contributed by atoms with Crippen molar-refractivity contribution in [3.8, 4) is 22.9 Å². The van der Waals surface area contributed by atoms with E-state index in [9.17, 15) is 8.42 Å². The molecule has 1 N–H and O–H groups in total. The summed E-state index contributed by atoms with van der Waals surface area (Å²) in [6.45, 7) is 1.77. The average molecular weight is 379 g/mol. The summed E-state index contributed by atoms with van der Waals surface area (Å²) >= 11 is 0. The van der Waals surface area contributed by atoms with Crippen LogP contribution < -0.4 is 9.46 Å². The predicted molar refractivity (Wildman–Crippen MR) is 103 cm³/mol. The van der Waals surface area contributed by atoms with E-state index in [1.165, 1.54) is 19.2 Å². The van der Waals surface area contributed by atoms with Crippen LogP contribution in [0.25, 0.3) is 11.1 Å². The zero-order valence-corrected chi connectivity index (χ0v) is 15.6. The Morgan fingerprint density at radius 2 is 1.56 bits per heavy atom. The fourth-order valence-corrected chi connectivity index (χ4v) is 3.54. The second-order valence-corrected chi connectivity index (χ2v) is 7.50. The molecule has 0 saturated heterocycles. The quantitative estimate of drug-likeness (QED) is 0.729. The fourth-order valence-electron chi connectivity index (χ4n) is 2.53. The number of sulfonamides is 1. The summed E-state index contributed by atoms with van der Waals surface area (Å²) in [5, 5.41) is 8.86. The van der Waals surface area contributed by atoms with Crippen LogP contribution in [0, 0.1) is 18.3 Å². The number of pyridine rings is 1. The number of aryl methyl sites for hydroxylation is 1. The van der Waals surface area contributed by atoms with Gasteiger partial charge in [0, 0.05) is 5.69 Å². The normalized spacial score (nSPS) is 10.9. The highest BCUT2D eigenvalue weighted by molar-refractivity contribution is 7.92. The molecule has 0 spiro atoms. The van der Waals surface area contributed by atoms with Gasteiger partial charge in [0.05, 0.1) is 23.6 Å². The van der Waals surface area contributed by atoms with Crippen molar-refractivity contribution in [3.63, 3.8) is 0 Å². The second kappa shape index (κ2) is 7.48. The van der Waals surface area contributed by atoms with E-state index in [2.05, 4.69) is 15.8 Å². The Balaban J connectivity index is 1.87. The number of ether oxygens (including phenoxy) is 1. The Morgan fingerprint density at radius 3 is 2.11 bits per heavy atom. The van der Waals surface area contributed by atoms with Crippen LogP contribution in [0.5, 0.6) is 5.75 Å². The van der Waals surface area contributed by atoms with Crippen LogP contribution in [0.4, 0.5) is 5.82 Å². The van der Waals surface area contributed by atoms with Crippen LogP contribution in [0.15, 0.2) is 65.6 Å². The number of aromatic nitrogens is 1. The summed E-state index contributed by atoms with van der Waals surface area (Å²) in [6.07, 6.45) is 0. The summed E-state index contributed by atoms with van der Waals surface area (Å²) < 4.78 is 33.0. The van der Waals surface area contributed by atoms with Gasteiger partial charge in [-0.1, -0.05) is 24.3 Å². The van der Waals surface area contributed by atoms with E-state index in [1.807, 2.05) is 12.1 Å². The molecule has 0 aliphatic rings. The first-order valence-corrected chi connectivity index (χ1v) is 9.56. The molecule has 136 valence electrons. The summed E-state index contributed by atoms with van der Waals surface area (Å²) in [5.41, 5.74) is 2.99. The van der Waals surface area contributed by atoms with Crippen LogP contribution in [0.1, 0.15) is 11.3 Å². The van der Waals surface area contributed by atoms with Crippen LogP contribution in [-0.4, -0.2) is 20.5 Å². The lowest BCUT2D eigenvalue weighted by molar-refractivity contribution is 0.415. The smallest absolute Gasteiger partial charge is 0.263 e. The van der Waals surface area contributed by atoms with Crippen molar-refractivity contribution in [1.82, 2.24) is 4.98 Å². The van der Waals surface area contributed by atoms with Gasteiger partial charge in [-0.2, -0.15) is 5.26 Å². The largest absolute Gasteiger partial charge is 0.493 e. The molecular formula is C20H17N3O3S. The van der Waals surface area contributed by atoms with E-state index in [4.69, 9.17) is 10.00 Å². The van der Waals surface area contributed by atoms with Crippen LogP contribution in [-0.2, 0) is 10.0 Å².